The second-order valence-electron chi connectivity index (χ2n) is 6.52. The standard InChI is InChI=1S/C16H20F3NO2/c1-15(2,3)22-14(21)13-9-20-8-12(13)10-4-6-11(7-5-10)16(17,18)19/h4-7,12-13,20H,8-9H2,1-3H3/t12-,13+/m0/s1. The largest absolute Gasteiger partial charge is 0.460 e. The average molecular weight is 315 g/mol. The van der Waals surface area contributed by atoms with Crippen LogP contribution in [-0.2, 0) is 15.7 Å². The quantitative estimate of drug-likeness (QED) is 0.851. The SMILES string of the molecule is CC(C)(C)OC(=O)[C@@H]1CNC[C@H]1c1ccc(C(F)(F)F)cc1. The lowest BCUT2D eigenvalue weighted by atomic mass is 9.88. The van der Waals surface area contributed by atoms with E-state index in [4.69, 9.17) is 4.74 Å². The Bertz CT molecular complexity index is 532. The molecule has 0 amide bonds. The van der Waals surface area contributed by atoms with Gasteiger partial charge in [0, 0.05) is 19.0 Å². The topological polar surface area (TPSA) is 38.3 Å². The van der Waals surface area contributed by atoms with Crippen LogP contribution in [0.3, 0.4) is 0 Å². The van der Waals surface area contributed by atoms with Crippen LogP contribution in [-0.4, -0.2) is 24.7 Å². The molecule has 0 unspecified atom stereocenters. The lowest BCUT2D eigenvalue weighted by molar-refractivity contribution is -0.159. The maximum atomic E-state index is 12.6. The van der Waals surface area contributed by atoms with E-state index in [2.05, 4.69) is 5.32 Å². The summed E-state index contributed by atoms with van der Waals surface area (Å²) in [5.41, 5.74) is -0.547. The summed E-state index contributed by atoms with van der Waals surface area (Å²) < 4.78 is 43.2. The molecule has 0 spiro atoms. The predicted octanol–water partition coefficient (Wildman–Crippen LogP) is 3.35. The second kappa shape index (κ2) is 5.91. The zero-order chi connectivity index (χ0) is 16.5. The maximum Gasteiger partial charge on any atom is 0.416 e. The van der Waals surface area contributed by atoms with E-state index in [9.17, 15) is 18.0 Å². The highest BCUT2D eigenvalue weighted by Gasteiger charge is 2.37. The van der Waals surface area contributed by atoms with Gasteiger partial charge in [-0.05, 0) is 38.5 Å². The molecule has 2 atom stereocenters. The van der Waals surface area contributed by atoms with Crippen LogP contribution in [0.2, 0.25) is 0 Å². The van der Waals surface area contributed by atoms with Gasteiger partial charge in [-0.1, -0.05) is 12.1 Å². The van der Waals surface area contributed by atoms with E-state index in [1.807, 2.05) is 0 Å². The molecule has 122 valence electrons. The molecule has 6 heteroatoms. The van der Waals surface area contributed by atoms with Crippen molar-refractivity contribution in [1.29, 1.82) is 0 Å². The molecule has 1 heterocycles. The Morgan fingerprint density at radius 3 is 2.23 bits per heavy atom. The molecule has 3 nitrogen and oxygen atoms in total. The number of nitrogens with one attached hydrogen (secondary N) is 1. The molecular formula is C16H20F3NO2. The fourth-order valence-corrected chi connectivity index (χ4v) is 2.57. The molecule has 0 saturated carbocycles. The molecule has 1 aliphatic rings. The van der Waals surface area contributed by atoms with Gasteiger partial charge in [0.1, 0.15) is 5.60 Å². The fourth-order valence-electron chi connectivity index (χ4n) is 2.57. The molecule has 1 N–H and O–H groups in total. The lowest BCUT2D eigenvalue weighted by Crippen LogP contribution is -2.31. The molecule has 1 fully saturated rings. The average Bonchev–Trinajstić information content (AvgIpc) is 2.85. The Kier molecular flexibility index (Phi) is 4.52. The second-order valence-corrected chi connectivity index (χ2v) is 6.52. The van der Waals surface area contributed by atoms with Crippen molar-refractivity contribution < 1.29 is 22.7 Å². The van der Waals surface area contributed by atoms with Gasteiger partial charge in [0.05, 0.1) is 11.5 Å². The summed E-state index contributed by atoms with van der Waals surface area (Å²) in [5.74, 6) is -0.865. The lowest BCUT2D eigenvalue weighted by Gasteiger charge is -2.24. The number of ether oxygens (including phenoxy) is 1. The van der Waals surface area contributed by atoms with Crippen LogP contribution in [0.25, 0.3) is 0 Å². The molecule has 0 aliphatic carbocycles. The number of esters is 1. The number of rotatable bonds is 2. The van der Waals surface area contributed by atoms with Crippen LogP contribution in [0, 0.1) is 5.92 Å². The van der Waals surface area contributed by atoms with Gasteiger partial charge >= 0.3 is 12.1 Å². The predicted molar refractivity (Wildman–Crippen MR) is 76.4 cm³/mol. The van der Waals surface area contributed by atoms with Gasteiger partial charge in [-0.25, -0.2) is 0 Å². The van der Waals surface area contributed by atoms with E-state index in [0.29, 0.717) is 18.7 Å². The number of hydrogen-bond donors (Lipinski definition) is 1. The van der Waals surface area contributed by atoms with E-state index in [1.165, 1.54) is 12.1 Å². The van der Waals surface area contributed by atoms with E-state index in [-0.39, 0.29) is 17.8 Å². The molecular weight excluding hydrogens is 295 g/mol. The Morgan fingerprint density at radius 1 is 1.14 bits per heavy atom. The third-order valence-electron chi connectivity index (χ3n) is 3.59. The number of carbonyl (C=O) groups excluding carboxylic acids is 1. The van der Waals surface area contributed by atoms with Crippen molar-refractivity contribution in [3.8, 4) is 0 Å². The molecule has 2 rings (SSSR count). The number of benzene rings is 1. The van der Waals surface area contributed by atoms with Crippen molar-refractivity contribution in [3.63, 3.8) is 0 Å². The van der Waals surface area contributed by atoms with Crippen LogP contribution in [0.5, 0.6) is 0 Å². The minimum Gasteiger partial charge on any atom is -0.460 e. The van der Waals surface area contributed by atoms with Crippen molar-refractivity contribution >= 4 is 5.97 Å². The highest BCUT2D eigenvalue weighted by molar-refractivity contribution is 5.75. The van der Waals surface area contributed by atoms with Gasteiger partial charge in [-0.15, -0.1) is 0 Å². The third kappa shape index (κ3) is 4.00. The van der Waals surface area contributed by atoms with Gasteiger partial charge in [-0.3, -0.25) is 4.79 Å². The molecule has 0 radical (unpaired) electrons. The van der Waals surface area contributed by atoms with Crippen LogP contribution in [0.4, 0.5) is 13.2 Å². The number of alkyl halides is 3. The summed E-state index contributed by atoms with van der Waals surface area (Å²) >= 11 is 0. The zero-order valence-electron chi connectivity index (χ0n) is 12.8. The van der Waals surface area contributed by atoms with Gasteiger partial charge < -0.3 is 10.1 Å². The van der Waals surface area contributed by atoms with Crippen LogP contribution >= 0.6 is 0 Å². The van der Waals surface area contributed by atoms with E-state index >= 15 is 0 Å². The summed E-state index contributed by atoms with van der Waals surface area (Å²) in [6.07, 6.45) is -4.35. The van der Waals surface area contributed by atoms with Crippen molar-refractivity contribution in [1.82, 2.24) is 5.32 Å². The van der Waals surface area contributed by atoms with Crippen molar-refractivity contribution in [2.24, 2.45) is 5.92 Å². The molecule has 22 heavy (non-hydrogen) atoms. The molecule has 0 aromatic heterocycles. The summed E-state index contributed by atoms with van der Waals surface area (Å²) in [6.45, 7) is 6.40. The summed E-state index contributed by atoms with van der Waals surface area (Å²) in [5, 5.41) is 3.11. The third-order valence-corrected chi connectivity index (χ3v) is 3.59. The Hall–Kier alpha value is -1.56. The van der Waals surface area contributed by atoms with Gasteiger partial charge in [-0.2, -0.15) is 13.2 Å². The zero-order valence-corrected chi connectivity index (χ0v) is 12.8. The number of hydrogen-bond acceptors (Lipinski definition) is 3. The molecule has 1 aromatic carbocycles. The summed E-state index contributed by atoms with van der Waals surface area (Å²) in [6, 6.07) is 5.00. The van der Waals surface area contributed by atoms with Crippen LogP contribution < -0.4 is 5.32 Å². The monoisotopic (exact) mass is 315 g/mol. The van der Waals surface area contributed by atoms with Crippen LogP contribution in [0.15, 0.2) is 24.3 Å². The minimum absolute atomic E-state index is 0.169. The first kappa shape index (κ1) is 16.8. The first-order chi connectivity index (χ1) is 10.1. The van der Waals surface area contributed by atoms with Gasteiger partial charge in [0.15, 0.2) is 0 Å². The van der Waals surface area contributed by atoms with Gasteiger partial charge in [0.25, 0.3) is 0 Å². The molecule has 1 saturated heterocycles. The normalized spacial score (nSPS) is 22.6. The minimum atomic E-state index is -4.35. The molecule has 0 bridgehead atoms. The number of carbonyl (C=O) groups is 1. The van der Waals surface area contributed by atoms with Crippen molar-refractivity contribution in [2.75, 3.05) is 13.1 Å². The van der Waals surface area contributed by atoms with E-state index in [1.54, 1.807) is 20.8 Å². The first-order valence-electron chi connectivity index (χ1n) is 7.18. The Labute approximate surface area is 127 Å². The van der Waals surface area contributed by atoms with Crippen molar-refractivity contribution in [3.05, 3.63) is 35.4 Å². The summed E-state index contributed by atoms with van der Waals surface area (Å²) in [7, 11) is 0. The van der Waals surface area contributed by atoms with Gasteiger partial charge in [0.2, 0.25) is 0 Å². The Balaban J connectivity index is 2.15. The fraction of sp³-hybridized carbons (Fsp3) is 0.562. The highest BCUT2D eigenvalue weighted by Crippen LogP contribution is 2.33. The van der Waals surface area contributed by atoms with Crippen LogP contribution in [0.1, 0.15) is 37.8 Å². The van der Waals surface area contributed by atoms with Crippen molar-refractivity contribution in [2.45, 2.75) is 38.5 Å². The van der Waals surface area contributed by atoms with E-state index < -0.39 is 17.3 Å². The summed E-state index contributed by atoms with van der Waals surface area (Å²) in [4.78, 5) is 12.2. The molecule has 1 aromatic rings. The molecule has 1 aliphatic heterocycles. The Morgan fingerprint density at radius 2 is 1.73 bits per heavy atom. The van der Waals surface area contributed by atoms with E-state index in [0.717, 1.165) is 12.1 Å². The maximum absolute atomic E-state index is 12.6. The smallest absolute Gasteiger partial charge is 0.416 e. The number of halogens is 3. The highest BCUT2D eigenvalue weighted by atomic mass is 19.4. The first-order valence-corrected chi connectivity index (χ1v) is 7.18.